The van der Waals surface area contributed by atoms with Crippen LogP contribution in [0.4, 0.5) is 0 Å². The first-order chi connectivity index (χ1) is 12.3. The van der Waals surface area contributed by atoms with Crippen LogP contribution in [0.15, 0.2) is 28.8 Å². The van der Waals surface area contributed by atoms with E-state index in [1.54, 1.807) is 0 Å². The Hall–Kier alpha value is -1.88. The minimum absolute atomic E-state index is 0.198. The number of para-hydroxylation sites is 1. The van der Waals surface area contributed by atoms with Crippen LogP contribution < -0.4 is 0 Å². The van der Waals surface area contributed by atoms with Gasteiger partial charge in [0, 0.05) is 37.6 Å². The van der Waals surface area contributed by atoms with E-state index < -0.39 is 0 Å². The predicted molar refractivity (Wildman–Crippen MR) is 95.1 cm³/mol. The lowest BCUT2D eigenvalue weighted by Gasteiger charge is -2.36. The number of piperidine rings is 1. The van der Waals surface area contributed by atoms with Gasteiger partial charge in [0.1, 0.15) is 5.69 Å². The fourth-order valence-corrected chi connectivity index (χ4v) is 4.56. The van der Waals surface area contributed by atoms with E-state index in [1.165, 1.54) is 38.8 Å². The van der Waals surface area contributed by atoms with E-state index in [-0.39, 0.29) is 5.91 Å². The largest absolute Gasteiger partial charge is 0.356 e. The van der Waals surface area contributed by atoms with Gasteiger partial charge in [-0.2, -0.15) is 0 Å². The van der Waals surface area contributed by atoms with Crippen molar-refractivity contribution in [2.75, 3.05) is 26.2 Å². The van der Waals surface area contributed by atoms with Gasteiger partial charge in [-0.25, -0.2) is 0 Å². The zero-order chi connectivity index (χ0) is 16.8. The molecular formula is C20H25N3O2. The van der Waals surface area contributed by atoms with Crippen LogP contribution in [0, 0.1) is 11.8 Å². The molecule has 3 aliphatic heterocycles. The molecule has 1 amide bonds. The highest BCUT2D eigenvalue weighted by Crippen LogP contribution is 2.35. The third-order valence-electron chi connectivity index (χ3n) is 6.14. The van der Waals surface area contributed by atoms with Crippen LogP contribution >= 0.6 is 0 Å². The van der Waals surface area contributed by atoms with Crippen LogP contribution in [0.5, 0.6) is 0 Å². The molecule has 1 aromatic carbocycles. The zero-order valence-electron chi connectivity index (χ0n) is 14.6. The molecule has 5 nitrogen and oxygen atoms in total. The molecule has 0 unspecified atom stereocenters. The summed E-state index contributed by atoms with van der Waals surface area (Å²) >= 11 is 0. The van der Waals surface area contributed by atoms with Crippen molar-refractivity contribution in [2.45, 2.75) is 38.1 Å². The maximum Gasteiger partial charge on any atom is 0.228 e. The Labute approximate surface area is 147 Å². The van der Waals surface area contributed by atoms with E-state index in [1.807, 2.05) is 24.3 Å². The number of nitrogens with zero attached hydrogens (tertiary/aromatic N) is 3. The Bertz CT molecular complexity index is 782. The van der Waals surface area contributed by atoms with Gasteiger partial charge < -0.3 is 9.42 Å². The molecule has 5 heteroatoms. The van der Waals surface area contributed by atoms with Crippen LogP contribution in [-0.2, 0) is 11.2 Å². The van der Waals surface area contributed by atoms with E-state index in [0.717, 1.165) is 35.7 Å². The molecule has 2 bridgehead atoms. The summed E-state index contributed by atoms with van der Waals surface area (Å²) in [6, 6.07) is 8.34. The summed E-state index contributed by atoms with van der Waals surface area (Å²) < 4.78 is 5.36. The van der Waals surface area contributed by atoms with Gasteiger partial charge in [-0.3, -0.25) is 9.69 Å². The standard InChI is InChI=1S/C20H25N3O2/c24-20(9-18-17-3-1-2-4-19(17)25-21-18)23-12-15-7-8-16(13-23)22(11-15)10-14-5-6-14/h1-4,14-16H,5-13H2/t15-,16-/m1/s1. The summed E-state index contributed by atoms with van der Waals surface area (Å²) in [4.78, 5) is 17.7. The summed E-state index contributed by atoms with van der Waals surface area (Å²) in [6.45, 7) is 4.22. The maximum atomic E-state index is 12.9. The maximum absolute atomic E-state index is 12.9. The highest BCUT2D eigenvalue weighted by molar-refractivity contribution is 5.86. The van der Waals surface area contributed by atoms with Gasteiger partial charge in [-0.1, -0.05) is 17.3 Å². The van der Waals surface area contributed by atoms with Gasteiger partial charge in [0.05, 0.1) is 6.42 Å². The third kappa shape index (κ3) is 3.06. The summed E-state index contributed by atoms with van der Waals surface area (Å²) in [7, 11) is 0. The Kier molecular flexibility index (Phi) is 3.77. The first-order valence-electron chi connectivity index (χ1n) is 9.61. The quantitative estimate of drug-likeness (QED) is 0.859. The van der Waals surface area contributed by atoms with Crippen LogP contribution in [0.1, 0.15) is 31.4 Å². The number of hydrogen-bond donors (Lipinski definition) is 0. The minimum Gasteiger partial charge on any atom is -0.356 e. The Balaban J connectivity index is 1.30. The first-order valence-corrected chi connectivity index (χ1v) is 9.61. The molecule has 2 atom stereocenters. The van der Waals surface area contributed by atoms with Crippen LogP contribution in [0.3, 0.4) is 0 Å². The molecule has 3 saturated heterocycles. The Morgan fingerprint density at radius 1 is 1.12 bits per heavy atom. The number of carbonyl (C=O) groups excluding carboxylic acids is 1. The molecule has 132 valence electrons. The number of fused-ring (bicyclic) bond motifs is 5. The zero-order valence-corrected chi connectivity index (χ0v) is 14.6. The van der Waals surface area contributed by atoms with Gasteiger partial charge >= 0.3 is 0 Å². The molecule has 6 rings (SSSR count). The van der Waals surface area contributed by atoms with Gasteiger partial charge in [0.15, 0.2) is 5.58 Å². The van der Waals surface area contributed by atoms with Crippen molar-refractivity contribution >= 4 is 16.9 Å². The second-order valence-electron chi connectivity index (χ2n) is 8.10. The lowest BCUT2D eigenvalue weighted by molar-refractivity contribution is -0.130. The van der Waals surface area contributed by atoms with Gasteiger partial charge in [0.2, 0.25) is 5.91 Å². The molecule has 4 heterocycles. The van der Waals surface area contributed by atoms with Crippen LogP contribution in [0.25, 0.3) is 11.0 Å². The Morgan fingerprint density at radius 3 is 2.88 bits per heavy atom. The number of hydrogen-bond acceptors (Lipinski definition) is 4. The average Bonchev–Trinajstić information content (AvgIpc) is 3.41. The van der Waals surface area contributed by atoms with Crippen molar-refractivity contribution < 1.29 is 9.32 Å². The van der Waals surface area contributed by atoms with Crippen molar-refractivity contribution in [1.29, 1.82) is 0 Å². The molecule has 25 heavy (non-hydrogen) atoms. The third-order valence-corrected chi connectivity index (χ3v) is 6.14. The number of rotatable bonds is 4. The first kappa shape index (κ1) is 15.4. The predicted octanol–water partition coefficient (Wildman–Crippen LogP) is 2.70. The summed E-state index contributed by atoms with van der Waals surface area (Å²) in [5, 5.41) is 5.10. The molecule has 4 aliphatic rings. The van der Waals surface area contributed by atoms with E-state index in [0.29, 0.717) is 18.4 Å². The fourth-order valence-electron chi connectivity index (χ4n) is 4.56. The molecular weight excluding hydrogens is 314 g/mol. The average molecular weight is 339 g/mol. The number of benzene rings is 1. The SMILES string of the molecule is O=C(Cc1noc2ccccc12)N1C[C@@H]2CC[C@H](C1)N(CC1CC1)C2. The molecule has 0 spiro atoms. The highest BCUT2D eigenvalue weighted by Gasteiger charge is 2.38. The Morgan fingerprint density at radius 2 is 2.00 bits per heavy atom. The molecule has 4 fully saturated rings. The summed E-state index contributed by atoms with van der Waals surface area (Å²) in [5.74, 6) is 1.75. The molecule has 2 aromatic rings. The monoisotopic (exact) mass is 339 g/mol. The van der Waals surface area contributed by atoms with E-state index in [4.69, 9.17) is 4.52 Å². The van der Waals surface area contributed by atoms with Gasteiger partial charge in [-0.05, 0) is 49.7 Å². The van der Waals surface area contributed by atoms with E-state index in [2.05, 4.69) is 15.0 Å². The topological polar surface area (TPSA) is 49.6 Å². The van der Waals surface area contributed by atoms with Crippen molar-refractivity contribution in [1.82, 2.24) is 15.0 Å². The highest BCUT2D eigenvalue weighted by atomic mass is 16.5. The lowest BCUT2D eigenvalue weighted by atomic mass is 9.95. The van der Waals surface area contributed by atoms with E-state index >= 15 is 0 Å². The van der Waals surface area contributed by atoms with Crippen molar-refractivity contribution in [3.8, 4) is 0 Å². The number of amides is 1. The van der Waals surface area contributed by atoms with Crippen molar-refractivity contribution in [3.05, 3.63) is 30.0 Å². The van der Waals surface area contributed by atoms with Crippen LogP contribution in [-0.4, -0.2) is 53.1 Å². The summed E-state index contributed by atoms with van der Waals surface area (Å²) in [5.41, 5.74) is 1.53. The van der Waals surface area contributed by atoms with Crippen molar-refractivity contribution in [2.24, 2.45) is 11.8 Å². The fraction of sp³-hybridized carbons (Fsp3) is 0.600. The smallest absolute Gasteiger partial charge is 0.228 e. The van der Waals surface area contributed by atoms with Crippen LogP contribution in [0.2, 0.25) is 0 Å². The van der Waals surface area contributed by atoms with Gasteiger partial charge in [-0.15, -0.1) is 0 Å². The van der Waals surface area contributed by atoms with Gasteiger partial charge in [0.25, 0.3) is 0 Å². The molecule has 1 aliphatic carbocycles. The second kappa shape index (κ2) is 6.13. The molecule has 1 saturated carbocycles. The molecule has 1 aromatic heterocycles. The molecule has 0 radical (unpaired) electrons. The normalized spacial score (nSPS) is 27.0. The minimum atomic E-state index is 0.198. The number of aromatic nitrogens is 1. The van der Waals surface area contributed by atoms with Crippen molar-refractivity contribution in [3.63, 3.8) is 0 Å². The lowest BCUT2D eigenvalue weighted by Crippen LogP contribution is -2.45. The van der Waals surface area contributed by atoms with E-state index in [9.17, 15) is 4.79 Å². The number of carbonyl (C=O) groups is 1. The second-order valence-corrected chi connectivity index (χ2v) is 8.10. The molecule has 0 N–H and O–H groups in total. The summed E-state index contributed by atoms with van der Waals surface area (Å²) in [6.07, 6.45) is 5.65.